The van der Waals surface area contributed by atoms with Crippen molar-refractivity contribution in [2.24, 2.45) is 0 Å². The molecule has 0 atom stereocenters. The normalized spacial score (nSPS) is 16.5. The summed E-state index contributed by atoms with van der Waals surface area (Å²) in [6.45, 7) is 20.8. The zero-order chi connectivity index (χ0) is 24.6. The molecule has 180 valence electrons. The number of hydrogen-bond acceptors (Lipinski definition) is 4. The molecular weight excluding hydrogens is 424 g/mol. The second kappa shape index (κ2) is 15.6. The maximum Gasteiger partial charge on any atom is 0.226 e. The molecule has 2 aliphatic heterocycles. The Morgan fingerprint density at radius 1 is 0.941 bits per heavy atom. The van der Waals surface area contributed by atoms with Crippen molar-refractivity contribution in [1.82, 2.24) is 10.2 Å². The summed E-state index contributed by atoms with van der Waals surface area (Å²) in [5.74, 6) is 0.903. The smallest absolute Gasteiger partial charge is 0.226 e. The Hall–Kier alpha value is -3.19. The first kappa shape index (κ1) is 27.1. The lowest BCUT2D eigenvalue weighted by Gasteiger charge is -2.27. The zero-order valence-electron chi connectivity index (χ0n) is 20.4. The second-order valence-electron chi connectivity index (χ2n) is 8.62. The van der Waals surface area contributed by atoms with Crippen molar-refractivity contribution in [2.75, 3.05) is 33.3 Å². The summed E-state index contributed by atoms with van der Waals surface area (Å²) >= 11 is 0. The number of piperidine rings is 2. The maximum atomic E-state index is 10.1. The van der Waals surface area contributed by atoms with Crippen molar-refractivity contribution in [3.8, 4) is 5.75 Å². The van der Waals surface area contributed by atoms with E-state index in [1.165, 1.54) is 11.1 Å². The molecule has 0 saturated carbocycles. The van der Waals surface area contributed by atoms with Gasteiger partial charge in [-0.25, -0.2) is 13.1 Å². The molecule has 0 bridgehead atoms. The van der Waals surface area contributed by atoms with Gasteiger partial charge >= 0.3 is 0 Å². The van der Waals surface area contributed by atoms with Crippen LogP contribution < -0.4 is 10.1 Å². The number of likely N-dealkylation sites (tertiary alicyclic amines) is 1. The number of aldehydes is 1. The van der Waals surface area contributed by atoms with Gasteiger partial charge in [0.05, 0.1) is 7.11 Å². The Balaban J connectivity index is 0.000000201. The molecule has 0 amide bonds. The Morgan fingerprint density at radius 3 is 1.97 bits per heavy atom. The topological polar surface area (TPSA) is 50.3 Å². The molecule has 34 heavy (non-hydrogen) atoms. The minimum absolute atomic E-state index is 0.252. The third kappa shape index (κ3) is 10.2. The van der Waals surface area contributed by atoms with Crippen LogP contribution in [0.5, 0.6) is 5.75 Å². The second-order valence-corrected chi connectivity index (χ2v) is 8.62. The molecule has 0 aromatic heterocycles. The standard InChI is InChI=1S/C14H18N2O.C8H8O.C6H10N2/c1-15-13-7-9-16(10-8-13)11-12-3-5-14(17-2)6-4-12;1-7-2-4-8(6-9)5-3-7;1-7-6-2-4-8-5-3-6/h3-6,13H,7-11H2,2H3;2-6H,1H3;6,8H,2-5H2. The zero-order valence-corrected chi connectivity index (χ0v) is 20.4. The Morgan fingerprint density at radius 2 is 1.50 bits per heavy atom. The SMILES string of the molecule is Cc1ccc(C=O)cc1.[C-]#[N+]C1CCN(Cc2ccc(OC)cc2)CC1.[C-]#[N+]C1CCNCC1. The Bertz CT molecular complexity index is 915. The van der Waals surface area contributed by atoms with E-state index in [0.29, 0.717) is 6.04 Å². The fraction of sp³-hybridized carbons (Fsp3) is 0.464. The molecule has 6 nitrogen and oxygen atoms in total. The third-order valence-corrected chi connectivity index (χ3v) is 6.01. The summed E-state index contributed by atoms with van der Waals surface area (Å²) in [4.78, 5) is 19.6. The van der Waals surface area contributed by atoms with Crippen LogP contribution in [0.4, 0.5) is 0 Å². The number of nitrogens with zero attached hydrogens (tertiary/aromatic N) is 3. The van der Waals surface area contributed by atoms with E-state index in [4.69, 9.17) is 17.9 Å². The van der Waals surface area contributed by atoms with Crippen molar-refractivity contribution >= 4 is 6.29 Å². The number of ether oxygens (including phenoxy) is 1. The number of benzene rings is 2. The van der Waals surface area contributed by atoms with Crippen molar-refractivity contribution < 1.29 is 9.53 Å². The molecule has 0 radical (unpaired) electrons. The van der Waals surface area contributed by atoms with Gasteiger partial charge in [-0.1, -0.05) is 42.0 Å². The molecule has 4 rings (SSSR count). The molecular formula is C28H36N4O2. The molecule has 2 aromatic rings. The molecule has 2 heterocycles. The molecule has 2 saturated heterocycles. The van der Waals surface area contributed by atoms with E-state index in [-0.39, 0.29) is 6.04 Å². The predicted molar refractivity (Wildman–Crippen MR) is 137 cm³/mol. The van der Waals surface area contributed by atoms with Crippen LogP contribution in [0.15, 0.2) is 48.5 Å². The monoisotopic (exact) mass is 460 g/mol. The average Bonchev–Trinajstić information content (AvgIpc) is 2.91. The highest BCUT2D eigenvalue weighted by molar-refractivity contribution is 5.74. The van der Waals surface area contributed by atoms with Crippen LogP contribution in [-0.4, -0.2) is 56.6 Å². The third-order valence-electron chi connectivity index (χ3n) is 6.01. The first-order chi connectivity index (χ1) is 16.6. The summed E-state index contributed by atoms with van der Waals surface area (Å²) in [5, 5.41) is 3.21. The highest BCUT2D eigenvalue weighted by Crippen LogP contribution is 2.17. The van der Waals surface area contributed by atoms with Gasteiger partial charge in [-0.2, -0.15) is 0 Å². The summed E-state index contributed by atoms with van der Waals surface area (Å²) in [5.41, 5.74) is 3.23. The lowest BCUT2D eigenvalue weighted by Crippen LogP contribution is -2.34. The van der Waals surface area contributed by atoms with Crippen molar-refractivity contribution in [1.29, 1.82) is 0 Å². The van der Waals surface area contributed by atoms with E-state index in [2.05, 4.69) is 32.0 Å². The van der Waals surface area contributed by atoms with E-state index in [1.807, 2.05) is 43.3 Å². The first-order valence-corrected chi connectivity index (χ1v) is 11.9. The molecule has 6 heteroatoms. The minimum atomic E-state index is 0.252. The van der Waals surface area contributed by atoms with Crippen LogP contribution in [0.3, 0.4) is 0 Å². The predicted octanol–water partition coefficient (Wildman–Crippen LogP) is 5.04. The van der Waals surface area contributed by atoms with E-state index in [9.17, 15) is 4.79 Å². The van der Waals surface area contributed by atoms with Crippen LogP contribution in [0.1, 0.15) is 47.2 Å². The number of nitrogens with one attached hydrogen (secondary N) is 1. The van der Waals surface area contributed by atoms with Gasteiger partial charge in [0.25, 0.3) is 0 Å². The number of rotatable bonds is 4. The van der Waals surface area contributed by atoms with Gasteiger partial charge < -0.3 is 19.7 Å². The summed E-state index contributed by atoms with van der Waals surface area (Å²) in [6, 6.07) is 16.2. The van der Waals surface area contributed by atoms with Crippen LogP contribution in [0, 0.1) is 20.1 Å². The van der Waals surface area contributed by atoms with Gasteiger partial charge in [-0.3, -0.25) is 9.69 Å². The van der Waals surface area contributed by atoms with E-state index < -0.39 is 0 Å². The molecule has 0 aliphatic carbocycles. The molecule has 2 aliphatic rings. The average molecular weight is 461 g/mol. The molecule has 1 N–H and O–H groups in total. The fourth-order valence-corrected chi connectivity index (χ4v) is 3.78. The van der Waals surface area contributed by atoms with Crippen LogP contribution in [0.2, 0.25) is 0 Å². The van der Waals surface area contributed by atoms with Crippen molar-refractivity contribution in [3.63, 3.8) is 0 Å². The Kier molecular flexibility index (Phi) is 12.4. The molecule has 0 spiro atoms. The largest absolute Gasteiger partial charge is 0.497 e. The number of methoxy groups -OCH3 is 1. The molecule has 2 aromatic carbocycles. The van der Waals surface area contributed by atoms with Gasteiger partial charge in [0.1, 0.15) is 12.0 Å². The number of carbonyl (C=O) groups is 1. The van der Waals surface area contributed by atoms with Crippen LogP contribution in [0.25, 0.3) is 9.69 Å². The molecule has 2 fully saturated rings. The first-order valence-electron chi connectivity index (χ1n) is 11.9. The summed E-state index contributed by atoms with van der Waals surface area (Å²) in [6.07, 6.45) is 4.96. The maximum absolute atomic E-state index is 10.1. The van der Waals surface area contributed by atoms with Crippen LogP contribution in [-0.2, 0) is 6.54 Å². The van der Waals surface area contributed by atoms with Gasteiger partial charge in [0.2, 0.25) is 12.1 Å². The molecule has 0 unspecified atom stereocenters. The van der Waals surface area contributed by atoms with Gasteiger partial charge in [-0.05, 0) is 24.6 Å². The quantitative estimate of drug-likeness (QED) is 0.513. The number of carbonyl (C=O) groups excluding carboxylic acids is 1. The number of hydrogen-bond donors (Lipinski definition) is 1. The summed E-state index contributed by atoms with van der Waals surface area (Å²) < 4.78 is 5.14. The van der Waals surface area contributed by atoms with Crippen LogP contribution >= 0.6 is 0 Å². The lowest BCUT2D eigenvalue weighted by molar-refractivity contribution is 0.112. The van der Waals surface area contributed by atoms with Gasteiger partial charge in [-0.15, -0.1) is 0 Å². The van der Waals surface area contributed by atoms with Crippen molar-refractivity contribution in [3.05, 3.63) is 88.1 Å². The lowest BCUT2D eigenvalue weighted by atomic mass is 10.1. The Labute approximate surface area is 204 Å². The van der Waals surface area contributed by atoms with E-state index in [1.54, 1.807) is 7.11 Å². The minimum Gasteiger partial charge on any atom is -0.497 e. The fourth-order valence-electron chi connectivity index (χ4n) is 3.78. The van der Waals surface area contributed by atoms with Crippen molar-refractivity contribution in [2.45, 2.75) is 51.2 Å². The highest BCUT2D eigenvalue weighted by atomic mass is 16.5. The van der Waals surface area contributed by atoms with Gasteiger partial charge in [0, 0.05) is 64.0 Å². The van der Waals surface area contributed by atoms with E-state index >= 15 is 0 Å². The summed E-state index contributed by atoms with van der Waals surface area (Å²) in [7, 11) is 1.68. The van der Waals surface area contributed by atoms with Gasteiger partial charge in [0.15, 0.2) is 0 Å². The van der Waals surface area contributed by atoms with E-state index in [0.717, 1.165) is 76.0 Å². The highest BCUT2D eigenvalue weighted by Gasteiger charge is 2.22. The number of aryl methyl sites for hydroxylation is 1.